The molecule has 3 aliphatic rings. The zero-order valence-corrected chi connectivity index (χ0v) is 17.7. The molecule has 1 aromatic rings. The van der Waals surface area contributed by atoms with E-state index in [1.165, 1.54) is 36.9 Å². The molecule has 0 saturated carbocycles. The zero-order valence-electron chi connectivity index (χ0n) is 16.0. The number of fused-ring (bicyclic) bond motifs is 2. The van der Waals surface area contributed by atoms with E-state index in [9.17, 15) is 4.79 Å². The highest BCUT2D eigenvalue weighted by Crippen LogP contribution is 2.38. The first-order chi connectivity index (χ1) is 11.5. The van der Waals surface area contributed by atoms with E-state index < -0.39 is 0 Å². The molecule has 1 N–H and O–H groups in total. The van der Waals surface area contributed by atoms with Crippen LogP contribution in [0.5, 0.6) is 0 Å². The molecule has 0 aliphatic carbocycles. The predicted octanol–water partition coefficient (Wildman–Crippen LogP) is 3.46. The second-order valence-corrected chi connectivity index (χ2v) is 8.13. The number of halogens is 2. The monoisotopic (exact) mass is 402 g/mol. The molecule has 0 spiro atoms. The largest absolute Gasteiger partial charge is 0.336 e. The highest BCUT2D eigenvalue weighted by molar-refractivity contribution is 5.85. The molecule has 148 valence electrons. The van der Waals surface area contributed by atoms with Gasteiger partial charge in [0.05, 0.1) is 11.7 Å². The van der Waals surface area contributed by atoms with Crippen molar-refractivity contribution in [2.75, 3.05) is 6.54 Å². The van der Waals surface area contributed by atoms with E-state index in [1.807, 2.05) is 11.7 Å². The van der Waals surface area contributed by atoms with E-state index in [2.05, 4.69) is 29.2 Å². The lowest BCUT2D eigenvalue weighted by molar-refractivity contribution is -0.133. The molecular weight excluding hydrogens is 371 g/mol. The van der Waals surface area contributed by atoms with Crippen LogP contribution < -0.4 is 5.32 Å². The lowest BCUT2D eigenvalue weighted by atomic mass is 9.89. The molecule has 4 heterocycles. The Morgan fingerprint density at radius 2 is 1.81 bits per heavy atom. The molecule has 3 fully saturated rings. The first-order valence-electron chi connectivity index (χ1n) is 9.58. The van der Waals surface area contributed by atoms with E-state index in [0.29, 0.717) is 23.9 Å². The third kappa shape index (κ3) is 3.90. The van der Waals surface area contributed by atoms with Crippen LogP contribution in [0.1, 0.15) is 67.9 Å². The molecule has 0 aromatic carbocycles. The number of aromatic nitrogens is 2. The average molecular weight is 403 g/mol. The fourth-order valence-electron chi connectivity index (χ4n) is 5.34. The number of carbonyl (C=O) groups excluding carboxylic acids is 1. The molecule has 5 nitrogen and oxygen atoms in total. The summed E-state index contributed by atoms with van der Waals surface area (Å²) in [6.07, 6.45) is 7.91. The molecule has 0 radical (unpaired) electrons. The van der Waals surface area contributed by atoms with Gasteiger partial charge in [-0.25, -0.2) is 0 Å². The number of amides is 1. The van der Waals surface area contributed by atoms with Gasteiger partial charge in [0.15, 0.2) is 0 Å². The number of carbonyl (C=O) groups is 1. The van der Waals surface area contributed by atoms with Crippen molar-refractivity contribution in [1.29, 1.82) is 0 Å². The van der Waals surface area contributed by atoms with Crippen LogP contribution in [0.4, 0.5) is 0 Å². The maximum absolute atomic E-state index is 13.0. The number of rotatable bonds is 3. The molecular formula is C19H32Cl2N4O. The second kappa shape index (κ2) is 8.49. The standard InChI is InChI=1S/C19H30N4O.2ClH/c1-12-19(13(2)22(3)21-12)17-5-4-8-23(17)18(24)11-14-9-15-6-7-16(10-14)20-15;;/h14-17,20H,4-11H2,1-3H3;2*1H. The quantitative estimate of drug-likeness (QED) is 0.841. The van der Waals surface area contributed by atoms with Crippen molar-refractivity contribution in [3.63, 3.8) is 0 Å². The summed E-state index contributed by atoms with van der Waals surface area (Å²) < 4.78 is 1.95. The van der Waals surface area contributed by atoms with Crippen molar-refractivity contribution in [1.82, 2.24) is 20.0 Å². The van der Waals surface area contributed by atoms with Gasteiger partial charge in [0.2, 0.25) is 5.91 Å². The van der Waals surface area contributed by atoms with E-state index in [0.717, 1.165) is 31.5 Å². The maximum Gasteiger partial charge on any atom is 0.223 e. The Bertz CT molecular complexity index is 636. The Morgan fingerprint density at radius 1 is 1.15 bits per heavy atom. The van der Waals surface area contributed by atoms with E-state index in [4.69, 9.17) is 0 Å². The molecule has 4 rings (SSSR count). The SMILES string of the molecule is Cc1nn(C)c(C)c1C1CCCN1C(=O)CC1CC2CCC(C1)N2.Cl.Cl. The summed E-state index contributed by atoms with van der Waals surface area (Å²) in [4.78, 5) is 15.2. The zero-order chi connectivity index (χ0) is 16.8. The minimum absolute atomic E-state index is 0. The van der Waals surface area contributed by atoms with Gasteiger partial charge in [-0.05, 0) is 58.3 Å². The fourth-order valence-corrected chi connectivity index (χ4v) is 5.34. The highest BCUT2D eigenvalue weighted by atomic mass is 35.5. The van der Waals surface area contributed by atoms with Crippen LogP contribution in [0.15, 0.2) is 0 Å². The fraction of sp³-hybridized carbons (Fsp3) is 0.789. The van der Waals surface area contributed by atoms with Gasteiger partial charge in [0, 0.05) is 43.4 Å². The Hall–Kier alpha value is -0.780. The Kier molecular flexibility index (Phi) is 7.03. The summed E-state index contributed by atoms with van der Waals surface area (Å²) in [6, 6.07) is 1.57. The summed E-state index contributed by atoms with van der Waals surface area (Å²) >= 11 is 0. The van der Waals surface area contributed by atoms with Crippen LogP contribution in [0.25, 0.3) is 0 Å². The normalized spacial score (nSPS) is 30.0. The van der Waals surface area contributed by atoms with Gasteiger partial charge in [-0.1, -0.05) is 0 Å². The summed E-state index contributed by atoms with van der Waals surface area (Å²) in [5, 5.41) is 8.24. The van der Waals surface area contributed by atoms with Crippen LogP contribution in [0.3, 0.4) is 0 Å². The molecule has 3 aliphatic heterocycles. The van der Waals surface area contributed by atoms with Crippen LogP contribution in [-0.2, 0) is 11.8 Å². The lowest BCUT2D eigenvalue weighted by Gasteiger charge is -2.31. The van der Waals surface area contributed by atoms with Crippen molar-refractivity contribution >= 4 is 30.7 Å². The number of hydrogen-bond acceptors (Lipinski definition) is 3. The molecule has 7 heteroatoms. The number of hydrogen-bond donors (Lipinski definition) is 1. The maximum atomic E-state index is 13.0. The van der Waals surface area contributed by atoms with E-state index in [1.54, 1.807) is 0 Å². The Morgan fingerprint density at radius 3 is 2.38 bits per heavy atom. The van der Waals surface area contributed by atoms with Gasteiger partial charge in [-0.15, -0.1) is 24.8 Å². The van der Waals surface area contributed by atoms with Crippen LogP contribution in [0.2, 0.25) is 0 Å². The van der Waals surface area contributed by atoms with Crippen LogP contribution >= 0.6 is 24.8 Å². The topological polar surface area (TPSA) is 50.2 Å². The molecule has 1 aromatic heterocycles. The molecule has 3 saturated heterocycles. The summed E-state index contributed by atoms with van der Waals surface area (Å²) in [6.45, 7) is 5.11. The van der Waals surface area contributed by atoms with Gasteiger partial charge in [-0.3, -0.25) is 9.48 Å². The highest BCUT2D eigenvalue weighted by Gasteiger charge is 2.37. The van der Waals surface area contributed by atoms with Crippen LogP contribution in [0, 0.1) is 19.8 Å². The minimum Gasteiger partial charge on any atom is -0.336 e. The van der Waals surface area contributed by atoms with E-state index >= 15 is 0 Å². The number of nitrogens with one attached hydrogen (secondary N) is 1. The van der Waals surface area contributed by atoms with Gasteiger partial charge >= 0.3 is 0 Å². The average Bonchev–Trinajstić information content (AvgIpc) is 3.19. The molecule has 3 unspecified atom stereocenters. The van der Waals surface area contributed by atoms with Crippen LogP contribution in [-0.4, -0.2) is 39.2 Å². The molecule has 2 bridgehead atoms. The third-order valence-electron chi connectivity index (χ3n) is 6.51. The Balaban J connectivity index is 0.00000121. The predicted molar refractivity (Wildman–Crippen MR) is 108 cm³/mol. The number of piperidine rings is 1. The second-order valence-electron chi connectivity index (χ2n) is 8.13. The number of aryl methyl sites for hydroxylation is 2. The van der Waals surface area contributed by atoms with Crippen molar-refractivity contribution in [3.8, 4) is 0 Å². The van der Waals surface area contributed by atoms with Crippen molar-refractivity contribution < 1.29 is 4.79 Å². The summed E-state index contributed by atoms with van der Waals surface area (Å²) in [7, 11) is 2.00. The lowest BCUT2D eigenvalue weighted by Crippen LogP contribution is -2.40. The summed E-state index contributed by atoms with van der Waals surface area (Å²) in [5.74, 6) is 0.944. The van der Waals surface area contributed by atoms with Gasteiger partial charge in [-0.2, -0.15) is 5.10 Å². The first kappa shape index (κ1) is 21.5. The van der Waals surface area contributed by atoms with Gasteiger partial charge in [0.25, 0.3) is 0 Å². The first-order valence-corrected chi connectivity index (χ1v) is 9.58. The molecule has 1 amide bonds. The van der Waals surface area contributed by atoms with Crippen molar-refractivity contribution in [3.05, 3.63) is 17.0 Å². The van der Waals surface area contributed by atoms with Gasteiger partial charge < -0.3 is 10.2 Å². The van der Waals surface area contributed by atoms with Crippen molar-refractivity contribution in [2.45, 2.75) is 76.9 Å². The van der Waals surface area contributed by atoms with Gasteiger partial charge in [0.1, 0.15) is 0 Å². The van der Waals surface area contributed by atoms with Crippen molar-refractivity contribution in [2.24, 2.45) is 13.0 Å². The number of nitrogens with zero attached hydrogens (tertiary/aromatic N) is 3. The summed E-state index contributed by atoms with van der Waals surface area (Å²) in [5.41, 5.74) is 3.57. The minimum atomic E-state index is 0. The number of likely N-dealkylation sites (tertiary alicyclic amines) is 1. The Labute approximate surface area is 169 Å². The van der Waals surface area contributed by atoms with E-state index in [-0.39, 0.29) is 30.9 Å². The third-order valence-corrected chi connectivity index (χ3v) is 6.51. The molecule has 3 atom stereocenters. The smallest absolute Gasteiger partial charge is 0.223 e. The molecule has 26 heavy (non-hydrogen) atoms.